The summed E-state index contributed by atoms with van der Waals surface area (Å²) in [6.45, 7) is -0.227. The minimum atomic E-state index is -0.440. The normalized spacial score (nSPS) is 11.0. The summed E-state index contributed by atoms with van der Waals surface area (Å²) in [6.07, 6.45) is 1.99. The molecule has 0 aromatic heterocycles. The topological polar surface area (TPSA) is 70.9 Å². The zero-order valence-electron chi connectivity index (χ0n) is 15.9. The average Bonchev–Trinajstić information content (AvgIpc) is 2.71. The van der Waals surface area contributed by atoms with Gasteiger partial charge >= 0.3 is 0 Å². The van der Waals surface area contributed by atoms with Crippen molar-refractivity contribution >= 4 is 71.5 Å². The van der Waals surface area contributed by atoms with Crippen LogP contribution in [0, 0.1) is 0 Å². The van der Waals surface area contributed by atoms with Crippen molar-refractivity contribution in [2.24, 2.45) is 5.10 Å². The molecule has 0 fully saturated rings. The van der Waals surface area contributed by atoms with Crippen molar-refractivity contribution in [3.05, 3.63) is 89.7 Å². The number of aromatic hydroxyl groups is 1. The Hall–Kier alpha value is -1.87. The number of benzene rings is 3. The van der Waals surface area contributed by atoms with E-state index >= 15 is 0 Å². The summed E-state index contributed by atoms with van der Waals surface area (Å²) < 4.78 is 7.81. The molecular formula is C22H16Br3ClN2O3. The van der Waals surface area contributed by atoms with Crippen LogP contribution in [0.2, 0.25) is 5.02 Å². The number of nitrogens with zero attached hydrogens (tertiary/aromatic N) is 1. The molecule has 31 heavy (non-hydrogen) atoms. The van der Waals surface area contributed by atoms with Crippen LogP contribution in [0.3, 0.4) is 0 Å². The minimum Gasteiger partial charge on any atom is -0.507 e. The lowest BCUT2D eigenvalue weighted by atomic mass is 10.0. The molecule has 5 nitrogen and oxygen atoms in total. The third-order valence-corrected chi connectivity index (χ3v) is 6.15. The summed E-state index contributed by atoms with van der Waals surface area (Å²) in [5.41, 5.74) is 4.80. The van der Waals surface area contributed by atoms with Crippen LogP contribution >= 0.6 is 59.4 Å². The van der Waals surface area contributed by atoms with Gasteiger partial charge in [0.15, 0.2) is 6.61 Å². The monoisotopic (exact) mass is 628 g/mol. The molecule has 2 N–H and O–H groups in total. The number of carbonyl (C=O) groups is 1. The van der Waals surface area contributed by atoms with Crippen LogP contribution in [-0.2, 0) is 11.2 Å². The van der Waals surface area contributed by atoms with Crippen LogP contribution in [-0.4, -0.2) is 23.8 Å². The fourth-order valence-corrected chi connectivity index (χ4v) is 5.38. The van der Waals surface area contributed by atoms with E-state index in [-0.39, 0.29) is 12.4 Å². The van der Waals surface area contributed by atoms with Crippen LogP contribution in [0.25, 0.3) is 0 Å². The van der Waals surface area contributed by atoms with E-state index in [0.717, 1.165) is 15.6 Å². The molecule has 1 amide bonds. The number of rotatable bonds is 7. The fraction of sp³-hybridized carbons (Fsp3) is 0.0909. The van der Waals surface area contributed by atoms with Crippen molar-refractivity contribution < 1.29 is 14.6 Å². The number of hydrogen-bond acceptors (Lipinski definition) is 4. The van der Waals surface area contributed by atoms with Gasteiger partial charge in [-0.05, 0) is 79.7 Å². The van der Waals surface area contributed by atoms with E-state index < -0.39 is 5.91 Å². The number of hydrogen-bond donors (Lipinski definition) is 2. The molecule has 0 bridgehead atoms. The highest BCUT2D eigenvalue weighted by Gasteiger charge is 2.10. The van der Waals surface area contributed by atoms with Gasteiger partial charge in [-0.2, -0.15) is 5.10 Å². The van der Waals surface area contributed by atoms with E-state index in [4.69, 9.17) is 16.3 Å². The van der Waals surface area contributed by atoms with E-state index in [1.165, 1.54) is 6.21 Å². The Morgan fingerprint density at radius 3 is 2.52 bits per heavy atom. The summed E-state index contributed by atoms with van der Waals surface area (Å²) in [4.78, 5) is 12.1. The van der Waals surface area contributed by atoms with Crippen LogP contribution in [0.15, 0.2) is 73.1 Å². The number of ether oxygens (including phenoxy) is 1. The highest BCUT2D eigenvalue weighted by atomic mass is 79.9. The van der Waals surface area contributed by atoms with Gasteiger partial charge in [-0.1, -0.05) is 51.8 Å². The molecule has 3 aromatic rings. The van der Waals surface area contributed by atoms with Gasteiger partial charge in [0, 0.05) is 15.1 Å². The molecule has 9 heteroatoms. The van der Waals surface area contributed by atoms with E-state index in [2.05, 4.69) is 58.3 Å². The third-order valence-electron chi connectivity index (χ3n) is 4.15. The smallest absolute Gasteiger partial charge is 0.277 e. The first-order chi connectivity index (χ1) is 14.8. The maximum absolute atomic E-state index is 12.1. The van der Waals surface area contributed by atoms with Crippen molar-refractivity contribution in [1.29, 1.82) is 0 Å². The Bertz CT molecular complexity index is 1120. The number of halogens is 4. The first-order valence-corrected chi connectivity index (χ1v) is 11.7. The molecule has 0 saturated carbocycles. The molecule has 0 aliphatic carbocycles. The van der Waals surface area contributed by atoms with Gasteiger partial charge in [-0.3, -0.25) is 4.79 Å². The van der Waals surface area contributed by atoms with Crippen molar-refractivity contribution in [2.75, 3.05) is 6.61 Å². The van der Waals surface area contributed by atoms with Crippen LogP contribution in [0.5, 0.6) is 11.5 Å². The maximum Gasteiger partial charge on any atom is 0.277 e. The summed E-state index contributed by atoms with van der Waals surface area (Å²) in [7, 11) is 0. The molecule has 0 unspecified atom stereocenters. The number of amides is 1. The summed E-state index contributed by atoms with van der Waals surface area (Å²) in [5, 5.41) is 14.7. The minimum absolute atomic E-state index is 0.0554. The van der Waals surface area contributed by atoms with E-state index in [1.807, 2.05) is 42.5 Å². The highest BCUT2D eigenvalue weighted by Crippen LogP contribution is 2.36. The molecule has 3 rings (SSSR count). The van der Waals surface area contributed by atoms with Gasteiger partial charge in [0.1, 0.15) is 11.5 Å². The third kappa shape index (κ3) is 6.80. The van der Waals surface area contributed by atoms with Gasteiger partial charge in [0.25, 0.3) is 5.91 Å². The van der Waals surface area contributed by atoms with Gasteiger partial charge in [0.2, 0.25) is 0 Å². The molecule has 160 valence electrons. The average molecular weight is 632 g/mol. The summed E-state index contributed by atoms with van der Waals surface area (Å²) in [5.74, 6) is 0.122. The predicted octanol–water partition coefficient (Wildman–Crippen LogP) is 6.45. The van der Waals surface area contributed by atoms with E-state index in [1.54, 1.807) is 12.1 Å². The van der Waals surface area contributed by atoms with Crippen molar-refractivity contribution in [3.8, 4) is 11.5 Å². The molecule has 3 aromatic carbocycles. The zero-order valence-corrected chi connectivity index (χ0v) is 21.4. The lowest BCUT2D eigenvalue weighted by Crippen LogP contribution is -2.24. The Morgan fingerprint density at radius 1 is 1.10 bits per heavy atom. The van der Waals surface area contributed by atoms with Gasteiger partial charge in [-0.15, -0.1) is 0 Å². The quantitative estimate of drug-likeness (QED) is 0.233. The van der Waals surface area contributed by atoms with Gasteiger partial charge < -0.3 is 9.84 Å². The van der Waals surface area contributed by atoms with Crippen molar-refractivity contribution in [2.45, 2.75) is 6.42 Å². The maximum atomic E-state index is 12.1. The van der Waals surface area contributed by atoms with Crippen LogP contribution in [0.4, 0.5) is 0 Å². The Balaban J connectivity index is 1.60. The van der Waals surface area contributed by atoms with Crippen LogP contribution < -0.4 is 10.2 Å². The second-order valence-corrected chi connectivity index (χ2v) is 9.47. The zero-order chi connectivity index (χ0) is 22.4. The summed E-state index contributed by atoms with van der Waals surface area (Å²) in [6, 6.07) is 16.4. The van der Waals surface area contributed by atoms with Crippen LogP contribution in [0.1, 0.15) is 16.7 Å². The van der Waals surface area contributed by atoms with Crippen molar-refractivity contribution in [3.63, 3.8) is 0 Å². The number of phenolic OH excluding ortho intramolecular Hbond substituents is 1. The van der Waals surface area contributed by atoms with Gasteiger partial charge in [0.05, 0.1) is 15.2 Å². The largest absolute Gasteiger partial charge is 0.507 e. The number of hydrazone groups is 1. The lowest BCUT2D eigenvalue weighted by Gasteiger charge is -2.10. The van der Waals surface area contributed by atoms with Gasteiger partial charge in [-0.25, -0.2) is 5.43 Å². The van der Waals surface area contributed by atoms with E-state index in [0.29, 0.717) is 31.7 Å². The number of phenols is 1. The molecule has 0 radical (unpaired) electrons. The standard InChI is InChI=1S/C22H16Br3ClN2O3/c23-16-9-17(24)22(18(25)10-16)31-12-21(30)28-27-11-15-8-13(5-6-20(15)29)7-14-3-1-2-4-19(14)26/h1-6,8-11,29H,7,12H2,(H,28,30). The first kappa shape index (κ1) is 23.8. The Labute approximate surface area is 209 Å². The second kappa shape index (κ2) is 11.1. The van der Waals surface area contributed by atoms with E-state index in [9.17, 15) is 9.90 Å². The SMILES string of the molecule is O=C(COc1c(Br)cc(Br)cc1Br)NN=Cc1cc(Cc2ccccc2Cl)ccc1O. The number of nitrogens with one attached hydrogen (secondary N) is 1. The fourth-order valence-electron chi connectivity index (χ4n) is 2.69. The molecular weight excluding hydrogens is 615 g/mol. The lowest BCUT2D eigenvalue weighted by molar-refractivity contribution is -0.123. The molecule has 0 atom stereocenters. The Morgan fingerprint density at radius 2 is 1.81 bits per heavy atom. The Kier molecular flexibility index (Phi) is 8.54. The summed E-state index contributed by atoms with van der Waals surface area (Å²) >= 11 is 16.4. The van der Waals surface area contributed by atoms with Crippen molar-refractivity contribution in [1.82, 2.24) is 5.43 Å². The molecule has 0 heterocycles. The predicted molar refractivity (Wildman–Crippen MR) is 133 cm³/mol. The number of carbonyl (C=O) groups excluding carboxylic acids is 1. The second-order valence-electron chi connectivity index (χ2n) is 6.44. The first-order valence-electron chi connectivity index (χ1n) is 8.98. The molecule has 0 aliphatic heterocycles. The molecule has 0 aliphatic rings. The highest BCUT2D eigenvalue weighted by molar-refractivity contribution is 9.11. The molecule has 0 saturated heterocycles. The molecule has 0 spiro atoms.